The SMILES string of the molecule is CC(C)(C)OC(=O)Cn1nc2c(c1C(=O)[O-])[C@H]1CC1C2=O.[Na+]. The van der Waals surface area contributed by atoms with E-state index in [1.807, 2.05) is 0 Å². The molecule has 22 heavy (non-hydrogen) atoms. The van der Waals surface area contributed by atoms with Crippen molar-refractivity contribution in [3.05, 3.63) is 17.0 Å². The summed E-state index contributed by atoms with van der Waals surface area (Å²) in [6.07, 6.45) is 0.657. The minimum absolute atomic E-state index is 0. The normalized spacial score (nSPS) is 21.7. The Hall–Kier alpha value is -1.18. The number of aromatic carboxylic acids is 1. The van der Waals surface area contributed by atoms with Gasteiger partial charge in [-0.05, 0) is 33.1 Å². The molecule has 1 aromatic rings. The van der Waals surface area contributed by atoms with Gasteiger partial charge in [-0.15, -0.1) is 0 Å². The van der Waals surface area contributed by atoms with E-state index < -0.39 is 17.5 Å². The van der Waals surface area contributed by atoms with Gasteiger partial charge in [0.25, 0.3) is 0 Å². The Labute approximate surface area is 149 Å². The molecule has 2 atom stereocenters. The Bertz CT molecular complexity index is 674. The summed E-state index contributed by atoms with van der Waals surface area (Å²) in [4.78, 5) is 35.1. The molecule has 0 spiro atoms. The van der Waals surface area contributed by atoms with Gasteiger partial charge in [0.15, 0.2) is 5.78 Å². The summed E-state index contributed by atoms with van der Waals surface area (Å²) in [7, 11) is 0. The van der Waals surface area contributed by atoms with Crippen LogP contribution in [-0.2, 0) is 16.1 Å². The number of hydrogen-bond acceptors (Lipinski definition) is 6. The van der Waals surface area contributed by atoms with Gasteiger partial charge in [0.2, 0.25) is 0 Å². The largest absolute Gasteiger partial charge is 1.00 e. The number of Topliss-reactive ketones (excluding diaryl/α,β-unsaturated/α-hetero) is 1. The molecule has 1 heterocycles. The molecule has 0 N–H and O–H groups in total. The number of esters is 1. The van der Waals surface area contributed by atoms with Crippen molar-refractivity contribution in [2.24, 2.45) is 5.92 Å². The maximum absolute atomic E-state index is 11.9. The molecule has 8 heteroatoms. The maximum atomic E-state index is 11.9. The summed E-state index contributed by atoms with van der Waals surface area (Å²) in [6.45, 7) is 4.79. The van der Waals surface area contributed by atoms with E-state index in [0.717, 1.165) is 4.68 Å². The molecule has 1 saturated carbocycles. The summed E-state index contributed by atoms with van der Waals surface area (Å²) < 4.78 is 6.16. The van der Waals surface area contributed by atoms with Crippen molar-refractivity contribution in [2.45, 2.75) is 45.3 Å². The van der Waals surface area contributed by atoms with E-state index in [2.05, 4.69) is 5.10 Å². The average molecular weight is 314 g/mol. The minimum Gasteiger partial charge on any atom is -0.543 e. The Morgan fingerprint density at radius 1 is 1.36 bits per heavy atom. The summed E-state index contributed by atoms with van der Waals surface area (Å²) >= 11 is 0. The van der Waals surface area contributed by atoms with Crippen LogP contribution in [0, 0.1) is 5.92 Å². The fourth-order valence-electron chi connectivity index (χ4n) is 2.81. The fraction of sp³-hybridized carbons (Fsp3) is 0.571. The van der Waals surface area contributed by atoms with E-state index in [0.29, 0.717) is 12.0 Å². The van der Waals surface area contributed by atoms with Crippen molar-refractivity contribution >= 4 is 17.7 Å². The zero-order valence-electron chi connectivity index (χ0n) is 13.0. The van der Waals surface area contributed by atoms with Gasteiger partial charge >= 0.3 is 35.5 Å². The van der Waals surface area contributed by atoms with E-state index in [1.54, 1.807) is 20.8 Å². The molecular weight excluding hydrogens is 299 g/mol. The van der Waals surface area contributed by atoms with Gasteiger partial charge < -0.3 is 14.6 Å². The number of carbonyl (C=O) groups excluding carboxylic acids is 3. The van der Waals surface area contributed by atoms with E-state index >= 15 is 0 Å². The number of carboxylic acid groups (broad SMARTS) is 1. The number of ether oxygens (including phenoxy) is 1. The Morgan fingerprint density at radius 3 is 2.55 bits per heavy atom. The number of aromatic nitrogens is 2. The van der Waals surface area contributed by atoms with Crippen LogP contribution < -0.4 is 34.7 Å². The van der Waals surface area contributed by atoms with Crippen LogP contribution in [0.15, 0.2) is 0 Å². The minimum atomic E-state index is -1.42. The predicted molar refractivity (Wildman–Crippen MR) is 67.6 cm³/mol. The smallest absolute Gasteiger partial charge is 0.543 e. The molecule has 2 aliphatic rings. The third kappa shape index (κ3) is 2.85. The summed E-state index contributed by atoms with van der Waals surface area (Å²) in [6, 6.07) is 0. The quantitative estimate of drug-likeness (QED) is 0.432. The maximum Gasteiger partial charge on any atom is 1.00 e. The van der Waals surface area contributed by atoms with Gasteiger partial charge in [0.05, 0.1) is 11.7 Å². The Kier molecular flexibility index (Phi) is 4.27. The fourth-order valence-corrected chi connectivity index (χ4v) is 2.81. The second-order valence-corrected chi connectivity index (χ2v) is 6.46. The zero-order chi connectivity index (χ0) is 15.5. The third-order valence-electron chi connectivity index (χ3n) is 3.61. The van der Waals surface area contributed by atoms with Crippen LogP contribution in [0.3, 0.4) is 0 Å². The topological polar surface area (TPSA) is 101 Å². The van der Waals surface area contributed by atoms with Crippen LogP contribution in [0.5, 0.6) is 0 Å². The van der Waals surface area contributed by atoms with Gasteiger partial charge in [-0.25, -0.2) is 0 Å². The summed E-state index contributed by atoms with van der Waals surface area (Å²) in [5.74, 6) is -2.37. The van der Waals surface area contributed by atoms with Crippen molar-refractivity contribution in [2.75, 3.05) is 0 Å². The monoisotopic (exact) mass is 314 g/mol. The zero-order valence-corrected chi connectivity index (χ0v) is 15.0. The Balaban J connectivity index is 0.00000176. The molecule has 2 aliphatic carbocycles. The van der Waals surface area contributed by atoms with Gasteiger partial charge in [-0.1, -0.05) is 0 Å². The number of hydrogen-bond donors (Lipinski definition) is 0. The van der Waals surface area contributed by atoms with Crippen LogP contribution in [0.4, 0.5) is 0 Å². The number of nitrogens with zero attached hydrogens (tertiary/aromatic N) is 2. The van der Waals surface area contributed by atoms with E-state index in [9.17, 15) is 19.5 Å². The van der Waals surface area contributed by atoms with E-state index in [4.69, 9.17) is 4.74 Å². The first-order valence-corrected chi connectivity index (χ1v) is 6.77. The first kappa shape index (κ1) is 17.2. The van der Waals surface area contributed by atoms with Crippen LogP contribution in [0.25, 0.3) is 0 Å². The first-order valence-electron chi connectivity index (χ1n) is 6.77. The van der Waals surface area contributed by atoms with E-state index in [1.165, 1.54) is 0 Å². The van der Waals surface area contributed by atoms with Crippen molar-refractivity contribution in [1.82, 2.24) is 9.78 Å². The molecule has 0 aromatic carbocycles. The number of fused-ring (bicyclic) bond motifs is 3. The molecule has 1 unspecified atom stereocenters. The number of rotatable bonds is 3. The molecule has 0 amide bonds. The number of carbonyl (C=O) groups is 3. The van der Waals surface area contributed by atoms with Gasteiger partial charge in [-0.3, -0.25) is 14.3 Å². The summed E-state index contributed by atoms with van der Waals surface area (Å²) in [5.41, 5.74) is -0.256. The number of carboxylic acids is 1. The molecule has 1 fully saturated rings. The van der Waals surface area contributed by atoms with Gasteiger partial charge in [0.1, 0.15) is 17.8 Å². The Morgan fingerprint density at radius 2 is 2.00 bits per heavy atom. The van der Waals surface area contributed by atoms with Crippen molar-refractivity contribution < 1.29 is 53.8 Å². The first-order chi connectivity index (χ1) is 9.69. The summed E-state index contributed by atoms with van der Waals surface area (Å²) in [5, 5.41) is 15.3. The molecular formula is C14H15N2NaO5. The second-order valence-electron chi connectivity index (χ2n) is 6.46. The van der Waals surface area contributed by atoms with Gasteiger partial charge in [-0.2, -0.15) is 5.10 Å². The van der Waals surface area contributed by atoms with Crippen LogP contribution >= 0.6 is 0 Å². The standard InChI is InChI=1S/C14H16N2O5.Na/c1-14(2,3)21-8(17)5-16-11(13(19)20)9-6-4-7(6)12(18)10(9)15-16;/h6-7H,4-5H2,1-3H3,(H,19,20);/q;+1/p-1/t6-,7?;/m0./s1. The van der Waals surface area contributed by atoms with Crippen molar-refractivity contribution in [1.29, 1.82) is 0 Å². The number of ketones is 1. The van der Waals surface area contributed by atoms with Crippen molar-refractivity contribution in [3.8, 4) is 0 Å². The third-order valence-corrected chi connectivity index (χ3v) is 3.61. The molecule has 7 nitrogen and oxygen atoms in total. The molecule has 3 rings (SSSR count). The van der Waals surface area contributed by atoms with Gasteiger partial charge in [0, 0.05) is 11.5 Å². The molecule has 0 bridgehead atoms. The second kappa shape index (κ2) is 5.47. The average Bonchev–Trinajstić information content (AvgIpc) is 2.93. The van der Waals surface area contributed by atoms with Crippen LogP contribution in [-0.4, -0.2) is 33.1 Å². The molecule has 0 saturated heterocycles. The molecule has 1 aromatic heterocycles. The van der Waals surface area contributed by atoms with Crippen molar-refractivity contribution in [3.63, 3.8) is 0 Å². The predicted octanol–water partition coefficient (Wildman–Crippen LogP) is -3.11. The van der Waals surface area contributed by atoms with Crippen LogP contribution in [0.1, 0.15) is 59.7 Å². The van der Waals surface area contributed by atoms with Crippen LogP contribution in [0.2, 0.25) is 0 Å². The molecule has 0 radical (unpaired) electrons. The van der Waals surface area contributed by atoms with E-state index in [-0.39, 0.29) is 65.1 Å². The molecule has 0 aliphatic heterocycles. The molecule has 112 valence electrons.